The molecule has 2 nitrogen and oxygen atoms in total. The van der Waals surface area contributed by atoms with Crippen molar-refractivity contribution in [3.63, 3.8) is 0 Å². The minimum Gasteiger partial charge on any atom is -0.383 e. The molecule has 0 aromatic carbocycles. The van der Waals surface area contributed by atoms with Gasteiger partial charge in [-0.2, -0.15) is 0 Å². The Hall–Kier alpha value is -0.380. The van der Waals surface area contributed by atoms with Crippen molar-refractivity contribution < 1.29 is 5.11 Å². The van der Waals surface area contributed by atoms with Crippen molar-refractivity contribution in [3.05, 3.63) is 21.4 Å². The van der Waals surface area contributed by atoms with Gasteiger partial charge < -0.3 is 10.8 Å². The predicted octanol–water partition coefficient (Wildman–Crippen LogP) is 1.40. The van der Waals surface area contributed by atoms with Crippen molar-refractivity contribution in [2.45, 2.75) is 31.8 Å². The summed E-state index contributed by atoms with van der Waals surface area (Å²) in [5.74, 6) is 0. The summed E-state index contributed by atoms with van der Waals surface area (Å²) in [6.07, 6.45) is 2.84. The Morgan fingerprint density at radius 3 is 3.08 bits per heavy atom. The molecule has 1 aliphatic carbocycles. The summed E-state index contributed by atoms with van der Waals surface area (Å²) in [6, 6.07) is 2.22. The quantitative estimate of drug-likeness (QED) is 0.753. The summed E-state index contributed by atoms with van der Waals surface area (Å²) < 4.78 is 0. The van der Waals surface area contributed by atoms with Crippen LogP contribution in [-0.2, 0) is 18.4 Å². The highest BCUT2D eigenvalue weighted by Crippen LogP contribution is 2.41. The van der Waals surface area contributed by atoms with E-state index in [0.717, 1.165) is 24.1 Å². The van der Waals surface area contributed by atoms with E-state index in [9.17, 15) is 5.11 Å². The van der Waals surface area contributed by atoms with Crippen LogP contribution in [0.25, 0.3) is 0 Å². The molecular formula is C10H15NOS. The standard InChI is InChI=1S/C10H15NOS/c1-2-8-5-7-3-4-10(12,6-11)9(7)13-8/h5,12H,2-4,6,11H2,1H3. The van der Waals surface area contributed by atoms with Crippen LogP contribution in [0.4, 0.5) is 0 Å². The van der Waals surface area contributed by atoms with Crippen molar-refractivity contribution in [1.29, 1.82) is 0 Å². The van der Waals surface area contributed by atoms with E-state index in [1.807, 2.05) is 0 Å². The first kappa shape index (κ1) is 9.19. The molecule has 0 amide bonds. The largest absolute Gasteiger partial charge is 0.383 e. The first-order chi connectivity index (χ1) is 6.19. The van der Waals surface area contributed by atoms with Crippen molar-refractivity contribution in [3.8, 4) is 0 Å². The molecule has 0 fully saturated rings. The molecule has 0 saturated carbocycles. The third-order valence-electron chi connectivity index (χ3n) is 2.78. The van der Waals surface area contributed by atoms with Crippen LogP contribution >= 0.6 is 11.3 Å². The van der Waals surface area contributed by atoms with E-state index in [2.05, 4.69) is 13.0 Å². The number of hydrogen-bond donors (Lipinski definition) is 2. The zero-order valence-electron chi connectivity index (χ0n) is 7.84. The first-order valence-corrected chi connectivity index (χ1v) is 5.56. The SMILES string of the molecule is CCc1cc2c(s1)C(O)(CN)CC2. The van der Waals surface area contributed by atoms with Gasteiger partial charge in [-0.15, -0.1) is 11.3 Å². The molecule has 1 aromatic rings. The third-order valence-corrected chi connectivity index (χ3v) is 4.29. The van der Waals surface area contributed by atoms with Crippen LogP contribution in [0.5, 0.6) is 0 Å². The van der Waals surface area contributed by atoms with Crippen LogP contribution in [-0.4, -0.2) is 11.7 Å². The van der Waals surface area contributed by atoms with Gasteiger partial charge in [-0.1, -0.05) is 6.92 Å². The zero-order chi connectivity index (χ0) is 9.47. The minimum absolute atomic E-state index is 0.351. The molecule has 0 bridgehead atoms. The number of aryl methyl sites for hydroxylation is 2. The van der Waals surface area contributed by atoms with Crippen molar-refractivity contribution in [2.75, 3.05) is 6.54 Å². The highest BCUT2D eigenvalue weighted by Gasteiger charge is 2.37. The van der Waals surface area contributed by atoms with Crippen molar-refractivity contribution >= 4 is 11.3 Å². The van der Waals surface area contributed by atoms with Crippen molar-refractivity contribution in [2.24, 2.45) is 5.73 Å². The molecule has 1 atom stereocenters. The van der Waals surface area contributed by atoms with Crippen LogP contribution in [0.3, 0.4) is 0 Å². The van der Waals surface area contributed by atoms with E-state index in [-0.39, 0.29) is 0 Å². The van der Waals surface area contributed by atoms with Crippen LogP contribution in [0.2, 0.25) is 0 Å². The number of thiophene rings is 1. The van der Waals surface area contributed by atoms with E-state index >= 15 is 0 Å². The second kappa shape index (κ2) is 3.08. The molecule has 72 valence electrons. The number of nitrogens with two attached hydrogens (primary N) is 1. The molecule has 1 aromatic heterocycles. The van der Waals surface area contributed by atoms with Crippen LogP contribution in [0.1, 0.15) is 28.7 Å². The van der Waals surface area contributed by atoms with Gasteiger partial charge in [0, 0.05) is 16.3 Å². The number of fused-ring (bicyclic) bond motifs is 1. The molecule has 2 rings (SSSR count). The molecule has 1 heterocycles. The molecule has 3 heteroatoms. The fourth-order valence-electron chi connectivity index (χ4n) is 1.89. The lowest BCUT2D eigenvalue weighted by Gasteiger charge is -2.19. The zero-order valence-corrected chi connectivity index (χ0v) is 8.66. The monoisotopic (exact) mass is 197 g/mol. The summed E-state index contributed by atoms with van der Waals surface area (Å²) >= 11 is 1.72. The average Bonchev–Trinajstić information content (AvgIpc) is 2.67. The normalized spacial score (nSPS) is 26.4. The average molecular weight is 197 g/mol. The molecule has 3 N–H and O–H groups in total. The summed E-state index contributed by atoms with van der Waals surface area (Å²) in [6.45, 7) is 2.49. The molecule has 1 unspecified atom stereocenters. The Morgan fingerprint density at radius 1 is 1.69 bits per heavy atom. The van der Waals surface area contributed by atoms with Gasteiger partial charge in [-0.25, -0.2) is 0 Å². The molecule has 0 aliphatic heterocycles. The topological polar surface area (TPSA) is 46.2 Å². The number of hydrogen-bond acceptors (Lipinski definition) is 3. The van der Waals surface area contributed by atoms with Gasteiger partial charge in [-0.05, 0) is 30.9 Å². The van der Waals surface area contributed by atoms with Gasteiger partial charge in [0.1, 0.15) is 5.60 Å². The Bertz CT molecular complexity index is 321. The van der Waals surface area contributed by atoms with Crippen molar-refractivity contribution in [1.82, 2.24) is 0 Å². The Labute approximate surface area is 82.4 Å². The van der Waals surface area contributed by atoms with Crippen LogP contribution in [0, 0.1) is 0 Å². The van der Waals surface area contributed by atoms with Crippen LogP contribution < -0.4 is 5.73 Å². The van der Waals surface area contributed by atoms with E-state index in [1.54, 1.807) is 11.3 Å². The second-order valence-corrected chi connectivity index (χ2v) is 4.79. The fourth-order valence-corrected chi connectivity index (χ4v) is 3.16. The lowest BCUT2D eigenvalue weighted by molar-refractivity contribution is 0.0514. The maximum Gasteiger partial charge on any atom is 0.111 e. The smallest absolute Gasteiger partial charge is 0.111 e. The summed E-state index contributed by atoms with van der Waals surface area (Å²) in [4.78, 5) is 2.48. The number of rotatable bonds is 2. The summed E-state index contributed by atoms with van der Waals surface area (Å²) in [7, 11) is 0. The molecule has 0 saturated heterocycles. The molecule has 0 radical (unpaired) electrons. The first-order valence-electron chi connectivity index (χ1n) is 4.74. The minimum atomic E-state index is -0.715. The lowest BCUT2D eigenvalue weighted by atomic mass is 10.0. The van der Waals surface area contributed by atoms with Crippen LogP contribution in [0.15, 0.2) is 6.07 Å². The number of aliphatic hydroxyl groups is 1. The van der Waals surface area contributed by atoms with Gasteiger partial charge in [0.2, 0.25) is 0 Å². The van der Waals surface area contributed by atoms with E-state index in [1.165, 1.54) is 10.4 Å². The maximum absolute atomic E-state index is 10.1. The van der Waals surface area contributed by atoms with Gasteiger partial charge in [-0.3, -0.25) is 0 Å². The highest BCUT2D eigenvalue weighted by molar-refractivity contribution is 7.12. The maximum atomic E-state index is 10.1. The Kier molecular flexibility index (Phi) is 2.18. The van der Waals surface area contributed by atoms with E-state index in [4.69, 9.17) is 5.73 Å². The van der Waals surface area contributed by atoms with E-state index in [0.29, 0.717) is 6.54 Å². The van der Waals surface area contributed by atoms with Gasteiger partial charge >= 0.3 is 0 Å². The third kappa shape index (κ3) is 1.31. The fraction of sp³-hybridized carbons (Fsp3) is 0.600. The Morgan fingerprint density at radius 2 is 2.46 bits per heavy atom. The molecule has 0 spiro atoms. The Balaban J connectivity index is 2.41. The second-order valence-electron chi connectivity index (χ2n) is 3.66. The highest BCUT2D eigenvalue weighted by atomic mass is 32.1. The molecular weight excluding hydrogens is 182 g/mol. The van der Waals surface area contributed by atoms with Gasteiger partial charge in [0.25, 0.3) is 0 Å². The molecule has 13 heavy (non-hydrogen) atoms. The summed E-state index contributed by atoms with van der Waals surface area (Å²) in [5, 5.41) is 10.1. The molecule has 1 aliphatic rings. The van der Waals surface area contributed by atoms with E-state index < -0.39 is 5.60 Å². The van der Waals surface area contributed by atoms with Gasteiger partial charge in [0.05, 0.1) is 0 Å². The predicted molar refractivity (Wildman–Crippen MR) is 55.0 cm³/mol. The van der Waals surface area contributed by atoms with Gasteiger partial charge in [0.15, 0.2) is 0 Å². The summed E-state index contributed by atoms with van der Waals surface area (Å²) in [5.41, 5.74) is 6.19. The lowest BCUT2D eigenvalue weighted by Crippen LogP contribution is -2.31.